The highest BCUT2D eigenvalue weighted by Gasteiger charge is 2.15. The molecule has 0 radical (unpaired) electrons. The maximum Gasteiger partial charge on any atom is 0.255 e. The Morgan fingerprint density at radius 3 is 2.94 bits per heavy atom. The maximum atomic E-state index is 11.7. The van der Waals surface area contributed by atoms with Crippen molar-refractivity contribution >= 4 is 52.1 Å². The van der Waals surface area contributed by atoms with Crippen LogP contribution in [0, 0.1) is 0 Å². The van der Waals surface area contributed by atoms with Gasteiger partial charge < -0.3 is 4.42 Å². The number of oxazole rings is 1. The number of thioether (sulfide) groups is 1. The molecule has 2 rings (SSSR count). The maximum absolute atomic E-state index is 11.7. The Bertz CT molecular complexity index is 496. The third-order valence-corrected chi connectivity index (χ3v) is 4.04. The number of Topliss-reactive ketones (excluding diaryl/α,β-unsaturated/α-hetero) is 1. The summed E-state index contributed by atoms with van der Waals surface area (Å²) in [5, 5.41) is 0.464. The highest BCUT2D eigenvalue weighted by molar-refractivity contribution is 7.99. The van der Waals surface area contributed by atoms with Gasteiger partial charge in [-0.2, -0.15) is 0 Å². The zero-order valence-electron chi connectivity index (χ0n) is 7.78. The average Bonchev–Trinajstić information content (AvgIpc) is 2.84. The van der Waals surface area contributed by atoms with E-state index < -0.39 is 0 Å². The van der Waals surface area contributed by atoms with Gasteiger partial charge in [0, 0.05) is 5.56 Å². The Kier molecular flexibility index (Phi) is 3.91. The third-order valence-electron chi connectivity index (χ3n) is 1.69. The molecule has 0 unspecified atom stereocenters. The molecular formula is C9H5Cl2NO2S2. The molecule has 7 heteroatoms. The quantitative estimate of drug-likeness (QED) is 0.631. The lowest BCUT2D eigenvalue weighted by molar-refractivity contribution is 0.102. The number of thiophene rings is 1. The smallest absolute Gasteiger partial charge is 0.255 e. The van der Waals surface area contributed by atoms with Crippen LogP contribution in [0.5, 0.6) is 0 Å². The molecule has 16 heavy (non-hydrogen) atoms. The van der Waals surface area contributed by atoms with Crippen molar-refractivity contribution in [3.8, 4) is 0 Å². The van der Waals surface area contributed by atoms with Gasteiger partial charge >= 0.3 is 0 Å². The second-order valence-corrected chi connectivity index (χ2v) is 5.96. The lowest BCUT2D eigenvalue weighted by Gasteiger charge is -1.95. The number of ketones is 1. The molecule has 2 aromatic rings. The molecule has 0 atom stereocenters. The second-order valence-electron chi connectivity index (χ2n) is 2.75. The largest absolute Gasteiger partial charge is 0.440 e. The van der Waals surface area contributed by atoms with Crippen molar-refractivity contribution in [1.82, 2.24) is 4.98 Å². The van der Waals surface area contributed by atoms with Gasteiger partial charge in [0.2, 0.25) is 0 Å². The van der Waals surface area contributed by atoms with Crippen molar-refractivity contribution in [3.63, 3.8) is 0 Å². The predicted molar refractivity (Wildman–Crippen MR) is 65.9 cm³/mol. The van der Waals surface area contributed by atoms with Crippen LogP contribution in [0.25, 0.3) is 0 Å². The van der Waals surface area contributed by atoms with Crippen LogP contribution in [-0.2, 0) is 0 Å². The van der Waals surface area contributed by atoms with E-state index in [0.29, 0.717) is 19.5 Å². The van der Waals surface area contributed by atoms with Crippen LogP contribution < -0.4 is 0 Å². The van der Waals surface area contributed by atoms with E-state index in [0.717, 1.165) is 0 Å². The summed E-state index contributed by atoms with van der Waals surface area (Å²) >= 11 is 14.0. The molecule has 0 fully saturated rings. The van der Waals surface area contributed by atoms with Crippen molar-refractivity contribution in [2.45, 2.75) is 5.22 Å². The van der Waals surface area contributed by atoms with Crippen LogP contribution >= 0.6 is 46.3 Å². The van der Waals surface area contributed by atoms with Crippen LogP contribution in [0.15, 0.2) is 28.2 Å². The summed E-state index contributed by atoms with van der Waals surface area (Å²) in [6.07, 6.45) is 2.99. The highest BCUT2D eigenvalue weighted by Crippen LogP contribution is 2.32. The summed E-state index contributed by atoms with van der Waals surface area (Å²) in [5.41, 5.74) is 0.454. The van der Waals surface area contributed by atoms with Crippen molar-refractivity contribution in [1.29, 1.82) is 0 Å². The SMILES string of the molecule is O=C(CSc1ncco1)c1cc(Cl)sc1Cl. The van der Waals surface area contributed by atoms with E-state index in [2.05, 4.69) is 4.98 Å². The zero-order chi connectivity index (χ0) is 11.5. The molecule has 2 heterocycles. The number of rotatable bonds is 4. The monoisotopic (exact) mass is 293 g/mol. The van der Waals surface area contributed by atoms with Crippen LogP contribution in [-0.4, -0.2) is 16.5 Å². The lowest BCUT2D eigenvalue weighted by Crippen LogP contribution is -2.01. The molecule has 0 saturated heterocycles. The number of carbonyl (C=O) groups excluding carboxylic acids is 1. The fourth-order valence-corrected chi connectivity index (χ4v) is 3.19. The Morgan fingerprint density at radius 1 is 1.56 bits per heavy atom. The van der Waals surface area contributed by atoms with Crippen molar-refractivity contribution in [2.24, 2.45) is 0 Å². The molecule has 0 aliphatic heterocycles. The van der Waals surface area contributed by atoms with Crippen molar-refractivity contribution < 1.29 is 9.21 Å². The molecule has 0 spiro atoms. The summed E-state index contributed by atoms with van der Waals surface area (Å²) < 4.78 is 5.93. The average molecular weight is 294 g/mol. The molecule has 0 aliphatic carbocycles. The first-order chi connectivity index (χ1) is 7.66. The minimum Gasteiger partial charge on any atom is -0.440 e. The lowest BCUT2D eigenvalue weighted by atomic mass is 10.2. The van der Waals surface area contributed by atoms with Gasteiger partial charge in [0.15, 0.2) is 5.78 Å². The van der Waals surface area contributed by atoms with Gasteiger partial charge in [0.1, 0.15) is 10.6 Å². The first-order valence-corrected chi connectivity index (χ1v) is 6.73. The van der Waals surface area contributed by atoms with Crippen molar-refractivity contribution in [2.75, 3.05) is 5.75 Å². The number of nitrogens with zero attached hydrogens (tertiary/aromatic N) is 1. The Hall–Kier alpha value is -0.490. The fourth-order valence-electron chi connectivity index (χ4n) is 1.02. The highest BCUT2D eigenvalue weighted by atomic mass is 35.5. The van der Waals surface area contributed by atoms with E-state index in [4.69, 9.17) is 27.6 Å². The Balaban J connectivity index is 2.01. The predicted octanol–water partition coefficient (Wildman–Crippen LogP) is 4.02. The summed E-state index contributed by atoms with van der Waals surface area (Å²) in [6.45, 7) is 0. The fraction of sp³-hybridized carbons (Fsp3) is 0.111. The zero-order valence-corrected chi connectivity index (χ0v) is 10.9. The topological polar surface area (TPSA) is 43.1 Å². The van der Waals surface area contributed by atoms with E-state index in [-0.39, 0.29) is 11.5 Å². The molecular weight excluding hydrogens is 289 g/mol. The number of hydrogen-bond donors (Lipinski definition) is 0. The second kappa shape index (κ2) is 5.23. The van der Waals surface area contributed by atoms with Crippen molar-refractivity contribution in [3.05, 3.63) is 32.8 Å². The van der Waals surface area contributed by atoms with E-state index >= 15 is 0 Å². The van der Waals surface area contributed by atoms with Gasteiger partial charge in [-0.3, -0.25) is 4.79 Å². The summed E-state index contributed by atoms with van der Waals surface area (Å²) in [7, 11) is 0. The van der Waals surface area contributed by atoms with Gasteiger partial charge in [0.25, 0.3) is 5.22 Å². The van der Waals surface area contributed by atoms with Gasteiger partial charge in [-0.15, -0.1) is 11.3 Å². The van der Waals surface area contributed by atoms with Crippen LogP contribution in [0.1, 0.15) is 10.4 Å². The molecule has 0 saturated carbocycles. The van der Waals surface area contributed by atoms with Crippen LogP contribution in [0.4, 0.5) is 0 Å². The third kappa shape index (κ3) is 2.79. The van der Waals surface area contributed by atoms with E-state index in [1.165, 1.54) is 35.6 Å². The minimum absolute atomic E-state index is 0.0867. The van der Waals surface area contributed by atoms with Crippen LogP contribution in [0.2, 0.25) is 8.67 Å². The normalized spacial score (nSPS) is 10.6. The van der Waals surface area contributed by atoms with Gasteiger partial charge in [-0.25, -0.2) is 4.98 Å². The standard InChI is InChI=1S/C9H5Cl2NO2S2/c10-7-3-5(8(11)16-7)6(13)4-15-9-12-1-2-14-9/h1-3H,4H2. The summed E-state index contributed by atoms with van der Waals surface area (Å²) in [4.78, 5) is 15.6. The molecule has 2 aromatic heterocycles. The first-order valence-electron chi connectivity index (χ1n) is 4.17. The molecule has 0 aliphatic rings. The van der Waals surface area contributed by atoms with E-state index in [9.17, 15) is 4.79 Å². The Labute approximate surface area is 110 Å². The molecule has 0 aromatic carbocycles. The number of halogens is 2. The van der Waals surface area contributed by atoms with Crippen LogP contribution in [0.3, 0.4) is 0 Å². The Morgan fingerprint density at radius 2 is 2.38 bits per heavy atom. The summed E-state index contributed by atoms with van der Waals surface area (Å²) in [6, 6.07) is 1.58. The minimum atomic E-state index is -0.0867. The number of carbonyl (C=O) groups is 1. The van der Waals surface area contributed by atoms with E-state index in [1.54, 1.807) is 6.07 Å². The molecule has 84 valence electrons. The van der Waals surface area contributed by atoms with Gasteiger partial charge in [-0.1, -0.05) is 35.0 Å². The first kappa shape index (κ1) is 12.0. The molecule has 0 amide bonds. The van der Waals surface area contributed by atoms with E-state index in [1.807, 2.05) is 0 Å². The van der Waals surface area contributed by atoms with Gasteiger partial charge in [-0.05, 0) is 6.07 Å². The van der Waals surface area contributed by atoms with Gasteiger partial charge in [0.05, 0.1) is 16.3 Å². The molecule has 0 bridgehead atoms. The summed E-state index contributed by atoms with van der Waals surface area (Å²) in [5.74, 6) is 0.143. The number of hydrogen-bond acceptors (Lipinski definition) is 5. The number of aromatic nitrogens is 1. The molecule has 0 N–H and O–H groups in total. The molecule has 3 nitrogen and oxygen atoms in total.